The van der Waals surface area contributed by atoms with Crippen molar-refractivity contribution in [2.24, 2.45) is 0 Å². The molecule has 1 aromatic heterocycles. The fourth-order valence-corrected chi connectivity index (χ4v) is 10.6. The van der Waals surface area contributed by atoms with Crippen LogP contribution >= 0.6 is 0 Å². The first-order valence-electron chi connectivity index (χ1n) is 22.6. The molecule has 10 aromatic carbocycles. The van der Waals surface area contributed by atoms with E-state index in [1.54, 1.807) is 0 Å². The molecule has 1 aliphatic rings. The van der Waals surface area contributed by atoms with Crippen LogP contribution in [0, 0.1) is 0 Å². The first-order valence-corrected chi connectivity index (χ1v) is 22.6. The molecule has 308 valence electrons. The number of nitrogens with zero attached hydrogens (tertiary/aromatic N) is 2. The maximum absolute atomic E-state index is 2.43. The van der Waals surface area contributed by atoms with Gasteiger partial charge < -0.3 is 9.47 Å². The molecule has 0 radical (unpaired) electrons. The van der Waals surface area contributed by atoms with E-state index < -0.39 is 0 Å². The second-order valence-corrected chi connectivity index (χ2v) is 17.7. The number of benzene rings is 10. The van der Waals surface area contributed by atoms with Gasteiger partial charge in [0, 0.05) is 38.8 Å². The summed E-state index contributed by atoms with van der Waals surface area (Å²) in [7, 11) is 0. The molecule has 0 unspecified atom stereocenters. The van der Waals surface area contributed by atoms with E-state index in [2.05, 4.69) is 266 Å². The Morgan fingerprint density at radius 3 is 1.37 bits per heavy atom. The van der Waals surface area contributed by atoms with Gasteiger partial charge in [0.15, 0.2) is 0 Å². The molecule has 0 aliphatic heterocycles. The largest absolute Gasteiger partial charge is 0.311 e. The van der Waals surface area contributed by atoms with Gasteiger partial charge in [-0.3, -0.25) is 0 Å². The normalized spacial score (nSPS) is 12.6. The summed E-state index contributed by atoms with van der Waals surface area (Å²) in [5, 5.41) is 2.52. The molecule has 0 N–H and O–H groups in total. The summed E-state index contributed by atoms with van der Waals surface area (Å²) in [5.41, 5.74) is 21.9. The Bertz CT molecular complexity index is 3490. The Hall–Kier alpha value is -8.20. The van der Waals surface area contributed by atoms with Crippen molar-refractivity contribution in [1.29, 1.82) is 0 Å². The predicted molar refractivity (Wildman–Crippen MR) is 275 cm³/mol. The van der Waals surface area contributed by atoms with Gasteiger partial charge in [0.1, 0.15) is 0 Å². The van der Waals surface area contributed by atoms with Crippen molar-refractivity contribution in [3.63, 3.8) is 0 Å². The second kappa shape index (κ2) is 15.6. The van der Waals surface area contributed by atoms with Crippen molar-refractivity contribution in [3.05, 3.63) is 254 Å². The lowest BCUT2D eigenvalue weighted by Gasteiger charge is -2.27. The molecule has 0 atom stereocenters. The molecule has 0 saturated heterocycles. The molecule has 1 heterocycles. The molecule has 0 bridgehead atoms. The molecule has 2 nitrogen and oxygen atoms in total. The maximum Gasteiger partial charge on any atom is 0.0541 e. The van der Waals surface area contributed by atoms with Gasteiger partial charge in [-0.1, -0.05) is 202 Å². The van der Waals surface area contributed by atoms with Crippen molar-refractivity contribution in [3.8, 4) is 61.3 Å². The van der Waals surface area contributed by atoms with Crippen LogP contribution in [0.15, 0.2) is 243 Å². The fraction of sp³-hybridized carbons (Fsp3) is 0.0476. The van der Waals surface area contributed by atoms with E-state index in [-0.39, 0.29) is 5.41 Å². The van der Waals surface area contributed by atoms with E-state index in [4.69, 9.17) is 0 Å². The number of hydrogen-bond donors (Lipinski definition) is 0. The van der Waals surface area contributed by atoms with Crippen LogP contribution in [-0.4, -0.2) is 4.57 Å². The lowest BCUT2D eigenvalue weighted by molar-refractivity contribution is 0.662. The third-order valence-corrected chi connectivity index (χ3v) is 13.6. The zero-order valence-corrected chi connectivity index (χ0v) is 36.5. The molecule has 0 amide bonds. The number of hydrogen-bond acceptors (Lipinski definition) is 1. The highest BCUT2D eigenvalue weighted by molar-refractivity contribution is 6.10. The number of rotatable bonds is 8. The van der Waals surface area contributed by atoms with Crippen LogP contribution < -0.4 is 4.90 Å². The van der Waals surface area contributed by atoms with Gasteiger partial charge in [-0.05, 0) is 116 Å². The van der Waals surface area contributed by atoms with Gasteiger partial charge in [-0.2, -0.15) is 0 Å². The van der Waals surface area contributed by atoms with Crippen LogP contribution in [0.1, 0.15) is 25.0 Å². The molecule has 0 fully saturated rings. The number of aromatic nitrogens is 1. The summed E-state index contributed by atoms with van der Waals surface area (Å²) >= 11 is 0. The molecule has 11 aromatic rings. The summed E-state index contributed by atoms with van der Waals surface area (Å²) in [6, 6.07) is 88.6. The molecular weight excluding hydrogens is 785 g/mol. The monoisotopic (exact) mass is 830 g/mol. The van der Waals surface area contributed by atoms with Gasteiger partial charge in [-0.15, -0.1) is 0 Å². The van der Waals surface area contributed by atoms with Crippen LogP contribution in [-0.2, 0) is 5.41 Å². The first-order chi connectivity index (χ1) is 32.0. The maximum atomic E-state index is 2.43. The minimum absolute atomic E-state index is 0.0960. The Balaban J connectivity index is 0.941. The minimum atomic E-state index is -0.0960. The van der Waals surface area contributed by atoms with Gasteiger partial charge in [0.2, 0.25) is 0 Å². The van der Waals surface area contributed by atoms with E-state index in [9.17, 15) is 0 Å². The van der Waals surface area contributed by atoms with Gasteiger partial charge in [0.25, 0.3) is 0 Å². The third kappa shape index (κ3) is 6.40. The van der Waals surface area contributed by atoms with Crippen LogP contribution in [0.2, 0.25) is 0 Å². The van der Waals surface area contributed by atoms with E-state index in [1.165, 1.54) is 83.0 Å². The lowest BCUT2D eigenvalue weighted by Crippen LogP contribution is -2.16. The average Bonchev–Trinajstić information content (AvgIpc) is 3.83. The number of para-hydroxylation sites is 3. The zero-order chi connectivity index (χ0) is 43.5. The highest BCUT2D eigenvalue weighted by Gasteiger charge is 2.37. The fourth-order valence-electron chi connectivity index (χ4n) is 10.6. The SMILES string of the molecule is CC1(C)c2ccccc2-c2cccc(-c3ccc(N(c4ccc(-c5ccccc5)cc4)c4ccc(-c5ccccc5-c5ccccc5-n5c6ccccc6c6ccccc65)cc4)cc3)c21. The van der Waals surface area contributed by atoms with E-state index in [0.29, 0.717) is 0 Å². The van der Waals surface area contributed by atoms with Crippen LogP contribution in [0.3, 0.4) is 0 Å². The van der Waals surface area contributed by atoms with Crippen molar-refractivity contribution >= 4 is 38.9 Å². The molecule has 65 heavy (non-hydrogen) atoms. The lowest BCUT2D eigenvalue weighted by atomic mass is 9.79. The van der Waals surface area contributed by atoms with Gasteiger partial charge in [0.05, 0.1) is 16.7 Å². The van der Waals surface area contributed by atoms with E-state index in [1.807, 2.05) is 0 Å². The topological polar surface area (TPSA) is 8.17 Å². The molecule has 12 rings (SSSR count). The highest BCUT2D eigenvalue weighted by atomic mass is 15.1. The quantitative estimate of drug-likeness (QED) is 0.148. The molecule has 0 spiro atoms. The van der Waals surface area contributed by atoms with Crippen LogP contribution in [0.4, 0.5) is 17.1 Å². The standard InChI is InChI=1S/C63H46N2/c1-63(2)58-27-12-8-21-53(58)57-26-16-25-51(62(57)63)46-35-41-49(42-36-46)64(47-37-31-44(32-38-47)43-17-4-3-5-18-43)48-39-33-45(34-40-48)50-19-6-7-20-52(50)54-22-9-13-28-59(54)65-60-29-14-10-23-55(60)56-24-11-15-30-61(56)65/h3-42H,1-2H3. The first kappa shape index (κ1) is 38.5. The van der Waals surface area contributed by atoms with Crippen LogP contribution in [0.25, 0.3) is 83.1 Å². The number of fused-ring (bicyclic) bond motifs is 6. The van der Waals surface area contributed by atoms with Crippen molar-refractivity contribution in [1.82, 2.24) is 4.57 Å². The summed E-state index contributed by atoms with van der Waals surface area (Å²) in [5.74, 6) is 0. The van der Waals surface area contributed by atoms with Crippen molar-refractivity contribution < 1.29 is 0 Å². The summed E-state index contributed by atoms with van der Waals surface area (Å²) in [6.45, 7) is 4.73. The summed E-state index contributed by atoms with van der Waals surface area (Å²) in [4.78, 5) is 2.38. The molecule has 1 aliphatic carbocycles. The van der Waals surface area contributed by atoms with E-state index in [0.717, 1.165) is 28.3 Å². The average molecular weight is 831 g/mol. The molecule has 2 heteroatoms. The zero-order valence-electron chi connectivity index (χ0n) is 36.5. The minimum Gasteiger partial charge on any atom is -0.311 e. The smallest absolute Gasteiger partial charge is 0.0541 e. The van der Waals surface area contributed by atoms with E-state index >= 15 is 0 Å². The van der Waals surface area contributed by atoms with Gasteiger partial charge in [-0.25, -0.2) is 0 Å². The Morgan fingerprint density at radius 1 is 0.308 bits per heavy atom. The third-order valence-electron chi connectivity index (χ3n) is 13.6. The van der Waals surface area contributed by atoms with Crippen LogP contribution in [0.5, 0.6) is 0 Å². The Morgan fingerprint density at radius 2 is 0.738 bits per heavy atom. The predicted octanol–water partition coefficient (Wildman–Crippen LogP) is 17.2. The van der Waals surface area contributed by atoms with Crippen molar-refractivity contribution in [2.75, 3.05) is 4.90 Å². The Labute approximate surface area is 381 Å². The summed E-state index contributed by atoms with van der Waals surface area (Å²) < 4.78 is 2.43. The highest BCUT2D eigenvalue weighted by Crippen LogP contribution is 2.52. The molecular formula is C63H46N2. The second-order valence-electron chi connectivity index (χ2n) is 17.7. The Kier molecular flexibility index (Phi) is 9.21. The summed E-state index contributed by atoms with van der Waals surface area (Å²) in [6.07, 6.45) is 0. The van der Waals surface area contributed by atoms with Gasteiger partial charge >= 0.3 is 0 Å². The van der Waals surface area contributed by atoms with Crippen molar-refractivity contribution in [2.45, 2.75) is 19.3 Å². The number of anilines is 3. The molecule has 0 saturated carbocycles.